The Balaban J connectivity index is 1.94. The first-order valence-electron chi connectivity index (χ1n) is 6.83. The van der Waals surface area contributed by atoms with E-state index in [-0.39, 0.29) is 5.41 Å². The molecule has 0 spiro atoms. The van der Waals surface area contributed by atoms with E-state index in [9.17, 15) is 4.39 Å². The summed E-state index contributed by atoms with van der Waals surface area (Å²) < 4.78 is 15.7. The van der Waals surface area contributed by atoms with Gasteiger partial charge in [-0.05, 0) is 52.8 Å². The van der Waals surface area contributed by atoms with Gasteiger partial charge in [-0.15, -0.1) is 5.10 Å². The second-order valence-corrected chi connectivity index (χ2v) is 5.92. The summed E-state index contributed by atoms with van der Waals surface area (Å²) >= 11 is 0. The SMILES string of the molecule is CC(C)C1(Cn2nnnc2-c2ccc(N)cc2F)CC1. The number of hydrogen-bond acceptors (Lipinski definition) is 4. The topological polar surface area (TPSA) is 69.6 Å². The van der Waals surface area contributed by atoms with Gasteiger partial charge in [-0.25, -0.2) is 9.07 Å². The van der Waals surface area contributed by atoms with Crippen LogP contribution in [-0.2, 0) is 6.54 Å². The molecule has 1 aromatic heterocycles. The molecule has 20 heavy (non-hydrogen) atoms. The number of nitrogens with zero attached hydrogens (tertiary/aromatic N) is 4. The van der Waals surface area contributed by atoms with Crippen LogP contribution in [0, 0.1) is 17.2 Å². The third-order valence-corrected chi connectivity index (χ3v) is 4.35. The number of benzene rings is 1. The Kier molecular flexibility index (Phi) is 2.96. The molecule has 0 radical (unpaired) electrons. The van der Waals surface area contributed by atoms with Crippen LogP contribution < -0.4 is 5.73 Å². The normalized spacial score (nSPS) is 16.6. The van der Waals surface area contributed by atoms with E-state index in [0.717, 1.165) is 6.54 Å². The number of hydrogen-bond donors (Lipinski definition) is 1. The Hall–Kier alpha value is -1.98. The van der Waals surface area contributed by atoms with Crippen LogP contribution in [0.5, 0.6) is 0 Å². The lowest BCUT2D eigenvalue weighted by Gasteiger charge is -2.19. The van der Waals surface area contributed by atoms with Gasteiger partial charge in [-0.1, -0.05) is 13.8 Å². The van der Waals surface area contributed by atoms with E-state index in [2.05, 4.69) is 29.4 Å². The smallest absolute Gasteiger partial charge is 0.184 e. The van der Waals surface area contributed by atoms with Crippen LogP contribution >= 0.6 is 0 Å². The standard InChI is InChI=1S/C14H18FN5/c1-9(2)14(5-6-14)8-20-13(17-18-19-20)11-4-3-10(16)7-12(11)15/h3-4,7,9H,5-6,8,16H2,1-2H3. The molecule has 2 N–H and O–H groups in total. The fourth-order valence-electron chi connectivity index (χ4n) is 2.59. The Labute approximate surface area is 117 Å². The van der Waals surface area contributed by atoms with Gasteiger partial charge in [0.25, 0.3) is 0 Å². The Morgan fingerprint density at radius 3 is 2.75 bits per heavy atom. The third-order valence-electron chi connectivity index (χ3n) is 4.35. The lowest BCUT2D eigenvalue weighted by atomic mass is 9.92. The fourth-order valence-corrected chi connectivity index (χ4v) is 2.59. The van der Waals surface area contributed by atoms with Crippen molar-refractivity contribution in [3.05, 3.63) is 24.0 Å². The van der Waals surface area contributed by atoms with Crippen LogP contribution in [-0.4, -0.2) is 20.2 Å². The number of nitrogens with two attached hydrogens (primary N) is 1. The molecule has 106 valence electrons. The Bertz CT molecular complexity index is 630. The lowest BCUT2D eigenvalue weighted by Crippen LogP contribution is -2.19. The summed E-state index contributed by atoms with van der Waals surface area (Å²) in [5.74, 6) is 0.640. The molecule has 1 fully saturated rings. The van der Waals surface area contributed by atoms with Gasteiger partial charge >= 0.3 is 0 Å². The molecule has 2 aromatic rings. The van der Waals surface area contributed by atoms with Crippen LogP contribution in [0.25, 0.3) is 11.4 Å². The van der Waals surface area contributed by atoms with E-state index in [4.69, 9.17) is 5.73 Å². The summed E-state index contributed by atoms with van der Waals surface area (Å²) in [5, 5.41) is 11.7. The van der Waals surface area contributed by atoms with Crippen LogP contribution in [0.3, 0.4) is 0 Å². The summed E-state index contributed by atoms with van der Waals surface area (Å²) in [5.41, 5.74) is 6.62. The number of tetrazole rings is 1. The Morgan fingerprint density at radius 2 is 2.15 bits per heavy atom. The fraction of sp³-hybridized carbons (Fsp3) is 0.500. The molecule has 1 aliphatic rings. The molecular formula is C14H18FN5. The number of anilines is 1. The summed E-state index contributed by atoms with van der Waals surface area (Å²) in [6.07, 6.45) is 2.35. The first-order chi connectivity index (χ1) is 9.52. The maximum Gasteiger partial charge on any atom is 0.184 e. The number of rotatable bonds is 4. The van der Waals surface area contributed by atoms with Gasteiger partial charge in [0.15, 0.2) is 5.82 Å². The van der Waals surface area contributed by atoms with E-state index in [0.29, 0.717) is 23.0 Å². The quantitative estimate of drug-likeness (QED) is 0.870. The van der Waals surface area contributed by atoms with Gasteiger partial charge in [-0.2, -0.15) is 0 Å². The molecule has 5 nitrogen and oxygen atoms in total. The summed E-state index contributed by atoms with van der Waals surface area (Å²) in [6.45, 7) is 5.15. The van der Waals surface area contributed by atoms with Crippen LogP contribution in [0.15, 0.2) is 18.2 Å². The molecule has 0 saturated heterocycles. The molecule has 0 aliphatic heterocycles. The first kappa shape index (κ1) is 13.0. The third kappa shape index (κ3) is 2.15. The highest BCUT2D eigenvalue weighted by Gasteiger charge is 2.46. The second kappa shape index (κ2) is 4.54. The molecule has 0 atom stereocenters. The molecule has 0 bridgehead atoms. The predicted octanol–water partition coefficient (Wildman–Crippen LogP) is 2.50. The van der Waals surface area contributed by atoms with Crippen molar-refractivity contribution in [3.63, 3.8) is 0 Å². The van der Waals surface area contributed by atoms with Gasteiger partial charge in [0, 0.05) is 5.69 Å². The number of halogens is 1. The predicted molar refractivity (Wildman–Crippen MR) is 74.1 cm³/mol. The maximum atomic E-state index is 14.0. The van der Waals surface area contributed by atoms with Crippen molar-refractivity contribution in [1.29, 1.82) is 0 Å². The van der Waals surface area contributed by atoms with Crippen molar-refractivity contribution in [2.24, 2.45) is 11.3 Å². The molecule has 6 heteroatoms. The molecular weight excluding hydrogens is 257 g/mol. The number of nitrogen functional groups attached to an aromatic ring is 1. The van der Waals surface area contributed by atoms with Crippen molar-refractivity contribution in [2.45, 2.75) is 33.2 Å². The van der Waals surface area contributed by atoms with Crippen molar-refractivity contribution in [2.75, 3.05) is 5.73 Å². The van der Waals surface area contributed by atoms with E-state index < -0.39 is 5.82 Å². The zero-order valence-electron chi connectivity index (χ0n) is 11.7. The van der Waals surface area contributed by atoms with Gasteiger partial charge < -0.3 is 5.73 Å². The monoisotopic (exact) mass is 275 g/mol. The highest BCUT2D eigenvalue weighted by Crippen LogP contribution is 2.53. The van der Waals surface area contributed by atoms with E-state index in [1.54, 1.807) is 16.8 Å². The van der Waals surface area contributed by atoms with Crippen LogP contribution in [0.2, 0.25) is 0 Å². The lowest BCUT2D eigenvalue weighted by molar-refractivity contribution is 0.294. The minimum Gasteiger partial charge on any atom is -0.399 e. The first-order valence-corrected chi connectivity index (χ1v) is 6.83. The average Bonchev–Trinajstić information content (AvgIpc) is 3.03. The zero-order chi connectivity index (χ0) is 14.3. The largest absolute Gasteiger partial charge is 0.399 e. The Morgan fingerprint density at radius 1 is 1.40 bits per heavy atom. The molecule has 0 unspecified atom stereocenters. The van der Waals surface area contributed by atoms with Crippen molar-refractivity contribution in [3.8, 4) is 11.4 Å². The second-order valence-electron chi connectivity index (χ2n) is 5.92. The van der Waals surface area contributed by atoms with Crippen molar-refractivity contribution in [1.82, 2.24) is 20.2 Å². The number of aromatic nitrogens is 4. The van der Waals surface area contributed by atoms with Crippen LogP contribution in [0.4, 0.5) is 10.1 Å². The van der Waals surface area contributed by atoms with Crippen molar-refractivity contribution < 1.29 is 4.39 Å². The van der Waals surface area contributed by atoms with Gasteiger partial charge in [0.1, 0.15) is 5.82 Å². The molecule has 3 rings (SSSR count). The molecule has 1 saturated carbocycles. The average molecular weight is 275 g/mol. The van der Waals surface area contributed by atoms with E-state index in [1.807, 2.05) is 0 Å². The van der Waals surface area contributed by atoms with Gasteiger partial charge in [0.05, 0.1) is 12.1 Å². The molecule has 0 amide bonds. The minimum atomic E-state index is -0.393. The molecule has 1 aromatic carbocycles. The van der Waals surface area contributed by atoms with Crippen molar-refractivity contribution >= 4 is 5.69 Å². The molecule has 1 aliphatic carbocycles. The molecule has 1 heterocycles. The highest BCUT2D eigenvalue weighted by atomic mass is 19.1. The van der Waals surface area contributed by atoms with E-state index in [1.165, 1.54) is 18.9 Å². The minimum absolute atomic E-state index is 0.258. The van der Waals surface area contributed by atoms with E-state index >= 15 is 0 Å². The summed E-state index contributed by atoms with van der Waals surface area (Å²) in [4.78, 5) is 0. The summed E-state index contributed by atoms with van der Waals surface area (Å²) in [7, 11) is 0. The summed E-state index contributed by atoms with van der Waals surface area (Å²) in [6, 6.07) is 4.58. The van der Waals surface area contributed by atoms with Crippen LogP contribution in [0.1, 0.15) is 26.7 Å². The van der Waals surface area contributed by atoms with Gasteiger partial charge in [0.2, 0.25) is 0 Å². The van der Waals surface area contributed by atoms with Gasteiger partial charge in [-0.3, -0.25) is 0 Å². The highest BCUT2D eigenvalue weighted by molar-refractivity contribution is 5.59. The maximum absolute atomic E-state index is 14.0. The zero-order valence-corrected chi connectivity index (χ0v) is 11.7.